The number of rotatable bonds is 5. The second-order valence-corrected chi connectivity index (χ2v) is 4.87. The molecule has 0 radical (unpaired) electrons. The van der Waals surface area contributed by atoms with E-state index in [0.717, 1.165) is 5.76 Å². The summed E-state index contributed by atoms with van der Waals surface area (Å²) in [4.78, 5) is 10.8. The molecular formula is C10H15BrN2O2. The molecule has 0 saturated carbocycles. The van der Waals surface area contributed by atoms with Crippen LogP contribution in [0.1, 0.15) is 26.0 Å². The molecule has 0 aromatic carbocycles. The fraction of sp³-hybridized carbons (Fsp3) is 0.500. The van der Waals surface area contributed by atoms with Crippen molar-refractivity contribution < 1.29 is 9.21 Å². The van der Waals surface area contributed by atoms with Gasteiger partial charge in [0.05, 0.1) is 6.54 Å². The summed E-state index contributed by atoms with van der Waals surface area (Å²) >= 11 is 3.22. The fourth-order valence-corrected chi connectivity index (χ4v) is 1.61. The van der Waals surface area contributed by atoms with Gasteiger partial charge in [-0.1, -0.05) is 0 Å². The van der Waals surface area contributed by atoms with Crippen molar-refractivity contribution >= 4 is 21.8 Å². The van der Waals surface area contributed by atoms with Gasteiger partial charge in [-0.3, -0.25) is 4.79 Å². The van der Waals surface area contributed by atoms with Gasteiger partial charge < -0.3 is 15.5 Å². The van der Waals surface area contributed by atoms with Crippen LogP contribution < -0.4 is 11.1 Å². The van der Waals surface area contributed by atoms with Crippen molar-refractivity contribution in [2.75, 3.05) is 0 Å². The van der Waals surface area contributed by atoms with E-state index in [9.17, 15) is 4.79 Å². The lowest BCUT2D eigenvalue weighted by atomic mass is 10.0. The maximum absolute atomic E-state index is 10.8. The molecule has 3 N–H and O–H groups in total. The lowest BCUT2D eigenvalue weighted by Gasteiger charge is -2.24. The Morgan fingerprint density at radius 2 is 2.27 bits per heavy atom. The van der Waals surface area contributed by atoms with Gasteiger partial charge >= 0.3 is 0 Å². The highest BCUT2D eigenvalue weighted by atomic mass is 79.9. The second kappa shape index (κ2) is 4.81. The molecule has 0 atom stereocenters. The van der Waals surface area contributed by atoms with Gasteiger partial charge in [0, 0.05) is 12.0 Å². The SMILES string of the molecule is CC(C)(CC(N)=O)NCc1ccc(Br)o1. The lowest BCUT2D eigenvalue weighted by Crippen LogP contribution is -2.42. The van der Waals surface area contributed by atoms with Gasteiger partial charge in [-0.05, 0) is 41.9 Å². The van der Waals surface area contributed by atoms with Gasteiger partial charge in [0.15, 0.2) is 4.67 Å². The molecule has 1 rings (SSSR count). The van der Waals surface area contributed by atoms with Crippen LogP contribution in [0.4, 0.5) is 0 Å². The van der Waals surface area contributed by atoms with E-state index in [1.54, 1.807) is 0 Å². The number of carbonyl (C=O) groups excluding carboxylic acids is 1. The molecule has 4 nitrogen and oxygen atoms in total. The van der Waals surface area contributed by atoms with Crippen LogP contribution in [0.25, 0.3) is 0 Å². The Morgan fingerprint density at radius 3 is 2.73 bits per heavy atom. The molecule has 0 bridgehead atoms. The molecule has 15 heavy (non-hydrogen) atoms. The Morgan fingerprint density at radius 1 is 1.60 bits per heavy atom. The van der Waals surface area contributed by atoms with Crippen LogP contribution in [0.15, 0.2) is 21.2 Å². The van der Waals surface area contributed by atoms with Crippen LogP contribution in [-0.4, -0.2) is 11.4 Å². The summed E-state index contributed by atoms with van der Waals surface area (Å²) in [5.74, 6) is 0.507. The Bertz CT molecular complexity index is 347. The summed E-state index contributed by atoms with van der Waals surface area (Å²) in [7, 11) is 0. The van der Waals surface area contributed by atoms with E-state index in [1.807, 2.05) is 26.0 Å². The van der Waals surface area contributed by atoms with Crippen molar-refractivity contribution in [2.24, 2.45) is 5.73 Å². The van der Waals surface area contributed by atoms with Crippen molar-refractivity contribution in [1.29, 1.82) is 0 Å². The molecule has 1 aromatic rings. The first kappa shape index (κ1) is 12.3. The summed E-state index contributed by atoms with van der Waals surface area (Å²) in [6.07, 6.45) is 0.300. The van der Waals surface area contributed by atoms with Crippen molar-refractivity contribution in [3.05, 3.63) is 22.6 Å². The van der Waals surface area contributed by atoms with Gasteiger partial charge in [0.1, 0.15) is 5.76 Å². The molecule has 0 unspecified atom stereocenters. The summed E-state index contributed by atoms with van der Waals surface area (Å²) in [6.45, 7) is 4.43. The zero-order valence-corrected chi connectivity index (χ0v) is 10.4. The van der Waals surface area contributed by atoms with E-state index in [1.165, 1.54) is 0 Å². The maximum atomic E-state index is 10.8. The molecule has 1 amide bonds. The van der Waals surface area contributed by atoms with Crippen LogP contribution in [-0.2, 0) is 11.3 Å². The summed E-state index contributed by atoms with van der Waals surface area (Å²) in [6, 6.07) is 3.70. The minimum atomic E-state index is -0.314. The van der Waals surface area contributed by atoms with Gasteiger partial charge in [0.25, 0.3) is 0 Å². The maximum Gasteiger partial charge on any atom is 0.219 e. The number of hydrogen-bond acceptors (Lipinski definition) is 3. The molecule has 0 saturated heterocycles. The first-order chi connectivity index (χ1) is 6.89. The third kappa shape index (κ3) is 4.48. The Hall–Kier alpha value is -0.810. The van der Waals surface area contributed by atoms with Gasteiger partial charge in [0.2, 0.25) is 5.91 Å². The molecule has 0 spiro atoms. The Kier molecular flexibility index (Phi) is 3.93. The van der Waals surface area contributed by atoms with E-state index in [4.69, 9.17) is 10.2 Å². The zero-order chi connectivity index (χ0) is 11.5. The summed E-state index contributed by atoms with van der Waals surface area (Å²) < 4.78 is 6.02. The number of furan rings is 1. The summed E-state index contributed by atoms with van der Waals surface area (Å²) in [5, 5.41) is 3.20. The lowest BCUT2D eigenvalue weighted by molar-refractivity contribution is -0.119. The fourth-order valence-electron chi connectivity index (χ4n) is 1.27. The molecule has 0 aliphatic heterocycles. The standard InChI is InChI=1S/C10H15BrN2O2/c1-10(2,5-9(12)14)13-6-7-3-4-8(11)15-7/h3-4,13H,5-6H2,1-2H3,(H2,12,14). The van der Waals surface area contributed by atoms with Crippen molar-refractivity contribution in [2.45, 2.75) is 32.4 Å². The molecule has 1 heterocycles. The molecular weight excluding hydrogens is 260 g/mol. The predicted octanol–water partition coefficient (Wildman–Crippen LogP) is 1.79. The number of primary amides is 1. The minimum Gasteiger partial charge on any atom is -0.453 e. The predicted molar refractivity (Wildman–Crippen MR) is 61.1 cm³/mol. The highest BCUT2D eigenvalue weighted by Crippen LogP contribution is 2.15. The van der Waals surface area contributed by atoms with Crippen LogP contribution in [0.3, 0.4) is 0 Å². The van der Waals surface area contributed by atoms with Crippen molar-refractivity contribution in [3.63, 3.8) is 0 Å². The van der Waals surface area contributed by atoms with E-state index < -0.39 is 0 Å². The van der Waals surface area contributed by atoms with Crippen LogP contribution >= 0.6 is 15.9 Å². The average Bonchev–Trinajstić information content (AvgIpc) is 2.46. The quantitative estimate of drug-likeness (QED) is 0.860. The van der Waals surface area contributed by atoms with E-state index in [0.29, 0.717) is 17.6 Å². The van der Waals surface area contributed by atoms with Gasteiger partial charge in [-0.2, -0.15) is 0 Å². The number of nitrogens with one attached hydrogen (secondary N) is 1. The van der Waals surface area contributed by atoms with E-state index in [2.05, 4.69) is 21.2 Å². The molecule has 5 heteroatoms. The third-order valence-corrected chi connectivity index (χ3v) is 2.41. The second-order valence-electron chi connectivity index (χ2n) is 4.09. The van der Waals surface area contributed by atoms with E-state index >= 15 is 0 Å². The first-order valence-electron chi connectivity index (χ1n) is 4.66. The monoisotopic (exact) mass is 274 g/mol. The average molecular weight is 275 g/mol. The minimum absolute atomic E-state index is 0.300. The summed E-state index contributed by atoms with van der Waals surface area (Å²) in [5.41, 5.74) is 4.83. The molecule has 0 aliphatic carbocycles. The van der Waals surface area contributed by atoms with E-state index in [-0.39, 0.29) is 11.4 Å². The van der Waals surface area contributed by atoms with Crippen molar-refractivity contribution in [3.8, 4) is 0 Å². The van der Waals surface area contributed by atoms with Crippen LogP contribution in [0, 0.1) is 0 Å². The Labute approximate surface area is 97.3 Å². The number of hydrogen-bond donors (Lipinski definition) is 2. The normalized spacial score (nSPS) is 11.7. The highest BCUT2D eigenvalue weighted by Gasteiger charge is 2.20. The molecule has 1 aromatic heterocycles. The first-order valence-corrected chi connectivity index (χ1v) is 5.46. The largest absolute Gasteiger partial charge is 0.453 e. The van der Waals surface area contributed by atoms with Crippen molar-refractivity contribution in [1.82, 2.24) is 5.32 Å². The van der Waals surface area contributed by atoms with Gasteiger partial charge in [-0.25, -0.2) is 0 Å². The van der Waals surface area contributed by atoms with Gasteiger partial charge in [-0.15, -0.1) is 0 Å². The zero-order valence-electron chi connectivity index (χ0n) is 8.84. The number of halogens is 1. The molecule has 84 valence electrons. The van der Waals surface area contributed by atoms with Crippen LogP contribution in [0.2, 0.25) is 0 Å². The van der Waals surface area contributed by atoms with Crippen LogP contribution in [0.5, 0.6) is 0 Å². The molecule has 0 aliphatic rings. The molecule has 0 fully saturated rings. The highest BCUT2D eigenvalue weighted by molar-refractivity contribution is 9.10. The number of carbonyl (C=O) groups is 1. The smallest absolute Gasteiger partial charge is 0.219 e. The Balaban J connectivity index is 2.45. The number of amides is 1. The topological polar surface area (TPSA) is 68.3 Å². The third-order valence-electron chi connectivity index (χ3n) is 1.99. The number of nitrogens with two attached hydrogens (primary N) is 1.